The Kier molecular flexibility index (Phi) is 4.20. The Hall–Kier alpha value is -0.910. The second-order valence-corrected chi connectivity index (χ2v) is 7.33. The minimum Gasteiger partial charge on any atom is -0.396 e. The van der Waals surface area contributed by atoms with Crippen LogP contribution in [0.3, 0.4) is 0 Å². The van der Waals surface area contributed by atoms with Gasteiger partial charge in [-0.15, -0.1) is 0 Å². The van der Waals surface area contributed by atoms with Crippen molar-refractivity contribution in [3.8, 4) is 0 Å². The summed E-state index contributed by atoms with van der Waals surface area (Å²) in [6, 6.07) is 2.64. The number of hydrogen-bond acceptors (Lipinski definition) is 5. The Morgan fingerprint density at radius 2 is 2.09 bits per heavy atom. The number of rotatable bonds is 7. The van der Waals surface area contributed by atoms with E-state index in [1.807, 2.05) is 0 Å². The molecule has 5 heteroatoms. The fraction of sp³-hybridized carbons (Fsp3) is 0.824. The van der Waals surface area contributed by atoms with Gasteiger partial charge in [-0.25, -0.2) is 0 Å². The monoisotopic (exact) mass is 305 g/mol. The predicted octanol–water partition coefficient (Wildman–Crippen LogP) is 1.83. The highest BCUT2D eigenvalue weighted by Crippen LogP contribution is 2.40. The van der Waals surface area contributed by atoms with E-state index < -0.39 is 0 Å². The minimum atomic E-state index is 0.287. The normalized spacial score (nSPS) is 27.4. The third-order valence-corrected chi connectivity index (χ3v) is 5.28. The van der Waals surface area contributed by atoms with E-state index in [0.29, 0.717) is 12.0 Å². The van der Waals surface area contributed by atoms with Crippen LogP contribution in [0.25, 0.3) is 0 Å². The molecule has 2 heterocycles. The van der Waals surface area contributed by atoms with Gasteiger partial charge in [-0.3, -0.25) is 9.80 Å². The Morgan fingerprint density at radius 1 is 1.23 bits per heavy atom. The van der Waals surface area contributed by atoms with E-state index in [2.05, 4.69) is 21.0 Å². The quantitative estimate of drug-likeness (QED) is 0.833. The summed E-state index contributed by atoms with van der Waals surface area (Å²) in [5.74, 6) is 2.64. The molecule has 122 valence electrons. The van der Waals surface area contributed by atoms with Gasteiger partial charge in [-0.05, 0) is 38.0 Å². The fourth-order valence-corrected chi connectivity index (χ4v) is 3.59. The Morgan fingerprint density at radius 3 is 2.82 bits per heavy atom. The van der Waals surface area contributed by atoms with E-state index >= 15 is 0 Å². The maximum atomic E-state index is 9.36. The van der Waals surface area contributed by atoms with Crippen molar-refractivity contribution in [1.29, 1.82) is 0 Å². The lowest BCUT2D eigenvalue weighted by Crippen LogP contribution is -2.53. The number of piperazine rings is 1. The molecule has 5 nitrogen and oxygen atoms in total. The van der Waals surface area contributed by atoms with Crippen molar-refractivity contribution >= 4 is 0 Å². The molecule has 2 saturated carbocycles. The number of aliphatic hydroxyl groups excluding tert-OH is 1. The van der Waals surface area contributed by atoms with Crippen LogP contribution in [0.4, 0.5) is 0 Å². The molecule has 1 aromatic rings. The molecule has 0 bridgehead atoms. The molecule has 1 aliphatic heterocycles. The van der Waals surface area contributed by atoms with E-state index in [1.165, 1.54) is 32.2 Å². The molecule has 1 N–H and O–H groups in total. The van der Waals surface area contributed by atoms with E-state index in [-0.39, 0.29) is 6.61 Å². The minimum absolute atomic E-state index is 0.287. The van der Waals surface area contributed by atoms with Gasteiger partial charge in [-0.2, -0.15) is 0 Å². The van der Waals surface area contributed by atoms with Crippen molar-refractivity contribution in [3.05, 3.63) is 17.5 Å². The molecule has 1 atom stereocenters. The zero-order valence-electron chi connectivity index (χ0n) is 13.3. The van der Waals surface area contributed by atoms with Gasteiger partial charge in [0.15, 0.2) is 0 Å². The molecule has 0 radical (unpaired) electrons. The lowest BCUT2D eigenvalue weighted by molar-refractivity contribution is 0.0511. The summed E-state index contributed by atoms with van der Waals surface area (Å²) in [5, 5.41) is 13.6. The van der Waals surface area contributed by atoms with E-state index in [0.717, 1.165) is 50.0 Å². The van der Waals surface area contributed by atoms with Gasteiger partial charge in [0, 0.05) is 57.4 Å². The Labute approximate surface area is 132 Å². The second kappa shape index (κ2) is 6.30. The first-order valence-electron chi connectivity index (χ1n) is 8.84. The van der Waals surface area contributed by atoms with Gasteiger partial charge in [0.2, 0.25) is 0 Å². The van der Waals surface area contributed by atoms with E-state index in [9.17, 15) is 5.11 Å². The van der Waals surface area contributed by atoms with Crippen molar-refractivity contribution in [2.24, 2.45) is 5.92 Å². The summed E-state index contributed by atoms with van der Waals surface area (Å²) in [4.78, 5) is 5.07. The van der Waals surface area contributed by atoms with Crippen molar-refractivity contribution in [1.82, 2.24) is 15.0 Å². The first-order chi connectivity index (χ1) is 10.8. The second-order valence-electron chi connectivity index (χ2n) is 7.33. The topological polar surface area (TPSA) is 52.7 Å². The summed E-state index contributed by atoms with van der Waals surface area (Å²) >= 11 is 0. The summed E-state index contributed by atoms with van der Waals surface area (Å²) in [7, 11) is 0. The molecule has 0 aromatic carbocycles. The molecular formula is C17H27N3O2. The van der Waals surface area contributed by atoms with Crippen molar-refractivity contribution in [2.75, 3.05) is 32.8 Å². The highest BCUT2D eigenvalue weighted by atomic mass is 16.5. The number of hydrogen-bond donors (Lipinski definition) is 1. The van der Waals surface area contributed by atoms with Crippen molar-refractivity contribution in [3.63, 3.8) is 0 Å². The Bertz CT molecular complexity index is 496. The van der Waals surface area contributed by atoms with Crippen LogP contribution in [0, 0.1) is 5.92 Å². The molecule has 22 heavy (non-hydrogen) atoms. The number of nitrogens with zero attached hydrogens (tertiary/aromatic N) is 3. The molecule has 3 aliphatic rings. The molecule has 4 rings (SSSR count). The van der Waals surface area contributed by atoms with Gasteiger partial charge in [0.1, 0.15) is 5.76 Å². The third kappa shape index (κ3) is 3.53. The van der Waals surface area contributed by atoms with Crippen LogP contribution >= 0.6 is 0 Å². The zero-order valence-corrected chi connectivity index (χ0v) is 13.3. The molecule has 2 aliphatic carbocycles. The highest BCUT2D eigenvalue weighted by Gasteiger charge is 2.32. The van der Waals surface area contributed by atoms with Crippen LogP contribution < -0.4 is 0 Å². The molecule has 1 aromatic heterocycles. The standard InChI is InChI=1S/C17H27N3O2/c21-8-5-16-12-19(6-7-20(16)10-13-1-2-13)11-15-9-17(22-18-15)14-3-4-14/h9,13-14,16,21H,1-8,10-12H2. The van der Waals surface area contributed by atoms with Crippen LogP contribution in [0.2, 0.25) is 0 Å². The summed E-state index contributed by atoms with van der Waals surface area (Å²) in [6.07, 6.45) is 6.19. The van der Waals surface area contributed by atoms with Gasteiger partial charge in [0.05, 0.1) is 5.69 Å². The van der Waals surface area contributed by atoms with Gasteiger partial charge in [0.25, 0.3) is 0 Å². The Balaban J connectivity index is 1.33. The van der Waals surface area contributed by atoms with Crippen LogP contribution in [0.1, 0.15) is 49.5 Å². The van der Waals surface area contributed by atoms with Gasteiger partial charge < -0.3 is 9.63 Å². The third-order valence-electron chi connectivity index (χ3n) is 5.28. The molecule has 1 unspecified atom stereocenters. The predicted molar refractivity (Wildman–Crippen MR) is 83.5 cm³/mol. The van der Waals surface area contributed by atoms with Crippen LogP contribution in [-0.2, 0) is 6.54 Å². The number of aliphatic hydroxyl groups is 1. The zero-order chi connectivity index (χ0) is 14.9. The fourth-order valence-electron chi connectivity index (χ4n) is 3.59. The molecule has 0 amide bonds. The summed E-state index contributed by atoms with van der Waals surface area (Å²) in [6.45, 7) is 5.66. The maximum Gasteiger partial charge on any atom is 0.140 e. The van der Waals surface area contributed by atoms with Crippen LogP contribution in [0.15, 0.2) is 10.6 Å². The van der Waals surface area contributed by atoms with E-state index in [4.69, 9.17) is 4.52 Å². The average molecular weight is 305 g/mol. The number of aromatic nitrogens is 1. The first kappa shape index (κ1) is 14.7. The molecular weight excluding hydrogens is 278 g/mol. The van der Waals surface area contributed by atoms with Gasteiger partial charge in [-0.1, -0.05) is 5.16 Å². The van der Waals surface area contributed by atoms with E-state index in [1.54, 1.807) is 0 Å². The molecule has 0 spiro atoms. The maximum absolute atomic E-state index is 9.36. The molecule has 3 fully saturated rings. The lowest BCUT2D eigenvalue weighted by atomic mass is 10.1. The average Bonchev–Trinajstić information content (AvgIpc) is 3.43. The smallest absolute Gasteiger partial charge is 0.140 e. The lowest BCUT2D eigenvalue weighted by Gasteiger charge is -2.41. The van der Waals surface area contributed by atoms with Crippen molar-refractivity contribution in [2.45, 2.75) is 50.6 Å². The molecule has 1 saturated heterocycles. The SMILES string of the molecule is OCCC1CN(Cc2cc(C3CC3)on2)CCN1CC1CC1. The highest BCUT2D eigenvalue weighted by molar-refractivity contribution is 5.14. The largest absolute Gasteiger partial charge is 0.396 e. The van der Waals surface area contributed by atoms with Gasteiger partial charge >= 0.3 is 0 Å². The first-order valence-corrected chi connectivity index (χ1v) is 8.84. The summed E-state index contributed by atoms with van der Waals surface area (Å²) in [5.41, 5.74) is 1.07. The summed E-state index contributed by atoms with van der Waals surface area (Å²) < 4.78 is 5.46. The van der Waals surface area contributed by atoms with Crippen molar-refractivity contribution < 1.29 is 9.63 Å². The van der Waals surface area contributed by atoms with Crippen LogP contribution in [-0.4, -0.2) is 58.9 Å². The van der Waals surface area contributed by atoms with Crippen LogP contribution in [0.5, 0.6) is 0 Å².